The molecule has 1 saturated carbocycles. The van der Waals surface area contributed by atoms with E-state index in [4.69, 9.17) is 15.2 Å². The lowest BCUT2D eigenvalue weighted by molar-refractivity contribution is -0.0722. The third-order valence-corrected chi connectivity index (χ3v) is 4.96. The first-order valence-electron chi connectivity index (χ1n) is 7.66. The Kier molecular flexibility index (Phi) is 5.06. The number of benzene rings is 1. The number of methoxy groups -OCH3 is 1. The molecule has 112 valence electrons. The van der Waals surface area contributed by atoms with Crippen molar-refractivity contribution in [3.63, 3.8) is 0 Å². The van der Waals surface area contributed by atoms with Crippen molar-refractivity contribution in [1.82, 2.24) is 0 Å². The Morgan fingerprint density at radius 3 is 2.35 bits per heavy atom. The van der Waals surface area contributed by atoms with Gasteiger partial charge in [0.15, 0.2) is 0 Å². The molecular weight excluding hydrogens is 250 g/mol. The summed E-state index contributed by atoms with van der Waals surface area (Å²) in [4.78, 5) is 0. The summed E-state index contributed by atoms with van der Waals surface area (Å²) in [6, 6.07) is 8.64. The third kappa shape index (κ3) is 2.84. The molecule has 0 amide bonds. The summed E-state index contributed by atoms with van der Waals surface area (Å²) in [5.74, 6) is 0.953. The van der Waals surface area contributed by atoms with Crippen molar-refractivity contribution in [2.75, 3.05) is 13.7 Å². The lowest BCUT2D eigenvalue weighted by Gasteiger charge is -2.53. The average Bonchev–Trinajstić information content (AvgIpc) is 2.47. The van der Waals surface area contributed by atoms with Gasteiger partial charge in [0.05, 0.1) is 6.61 Å². The quantitative estimate of drug-likeness (QED) is 0.832. The summed E-state index contributed by atoms with van der Waals surface area (Å²) >= 11 is 0. The number of hydrogen-bond donors (Lipinski definition) is 1. The van der Waals surface area contributed by atoms with Crippen LogP contribution < -0.4 is 10.5 Å². The molecule has 3 heteroatoms. The van der Waals surface area contributed by atoms with Gasteiger partial charge in [0.25, 0.3) is 0 Å². The molecule has 2 unspecified atom stereocenters. The number of hydrogen-bond acceptors (Lipinski definition) is 3. The van der Waals surface area contributed by atoms with Gasteiger partial charge in [-0.1, -0.05) is 26.0 Å². The Hall–Kier alpha value is -1.06. The van der Waals surface area contributed by atoms with Crippen LogP contribution in [0.25, 0.3) is 0 Å². The molecular formula is C17H27NO2. The van der Waals surface area contributed by atoms with Gasteiger partial charge in [-0.05, 0) is 37.0 Å². The molecule has 20 heavy (non-hydrogen) atoms. The van der Waals surface area contributed by atoms with Crippen LogP contribution in [-0.2, 0) is 11.2 Å². The van der Waals surface area contributed by atoms with E-state index in [2.05, 4.69) is 38.1 Å². The van der Waals surface area contributed by atoms with Crippen LogP contribution in [0.4, 0.5) is 0 Å². The predicted octanol–water partition coefficient (Wildman–Crippen LogP) is 3.16. The average molecular weight is 277 g/mol. The lowest BCUT2D eigenvalue weighted by Crippen LogP contribution is -2.62. The highest BCUT2D eigenvalue weighted by molar-refractivity contribution is 5.28. The first-order valence-corrected chi connectivity index (χ1v) is 7.66. The van der Waals surface area contributed by atoms with Gasteiger partial charge in [-0.3, -0.25) is 0 Å². The van der Waals surface area contributed by atoms with Gasteiger partial charge in [0, 0.05) is 25.0 Å². The predicted molar refractivity (Wildman–Crippen MR) is 82.0 cm³/mol. The second kappa shape index (κ2) is 6.59. The molecule has 0 aromatic heterocycles. The molecule has 0 radical (unpaired) electrons. The van der Waals surface area contributed by atoms with Crippen LogP contribution in [0.1, 0.15) is 38.7 Å². The maximum Gasteiger partial charge on any atom is 0.119 e. The summed E-state index contributed by atoms with van der Waals surface area (Å²) in [6.45, 7) is 5.19. The maximum absolute atomic E-state index is 6.21. The van der Waals surface area contributed by atoms with Crippen LogP contribution in [0.2, 0.25) is 0 Å². The SMILES string of the molecule is CCC1(CC)C(N)CC1Oc1ccc(CCOC)cc1. The van der Waals surface area contributed by atoms with E-state index < -0.39 is 0 Å². The largest absolute Gasteiger partial charge is 0.490 e. The van der Waals surface area contributed by atoms with Gasteiger partial charge in [-0.2, -0.15) is 0 Å². The summed E-state index contributed by atoms with van der Waals surface area (Å²) in [5.41, 5.74) is 7.65. The van der Waals surface area contributed by atoms with Crippen LogP contribution in [-0.4, -0.2) is 25.9 Å². The van der Waals surface area contributed by atoms with Crippen molar-refractivity contribution in [2.45, 2.75) is 51.7 Å². The Balaban J connectivity index is 1.97. The Morgan fingerprint density at radius 1 is 1.20 bits per heavy atom. The molecule has 0 spiro atoms. The lowest BCUT2D eigenvalue weighted by atomic mass is 9.59. The summed E-state index contributed by atoms with van der Waals surface area (Å²) in [5, 5.41) is 0. The van der Waals surface area contributed by atoms with E-state index in [9.17, 15) is 0 Å². The molecule has 0 bridgehead atoms. The molecule has 1 aromatic carbocycles. The maximum atomic E-state index is 6.21. The minimum Gasteiger partial charge on any atom is -0.490 e. The van der Waals surface area contributed by atoms with E-state index in [0.29, 0.717) is 0 Å². The molecule has 1 aliphatic carbocycles. The van der Waals surface area contributed by atoms with Crippen LogP contribution in [0.15, 0.2) is 24.3 Å². The zero-order valence-corrected chi connectivity index (χ0v) is 12.9. The van der Waals surface area contributed by atoms with Crippen molar-refractivity contribution in [2.24, 2.45) is 11.1 Å². The first kappa shape index (κ1) is 15.3. The van der Waals surface area contributed by atoms with Gasteiger partial charge < -0.3 is 15.2 Å². The molecule has 1 aromatic rings. The van der Waals surface area contributed by atoms with E-state index >= 15 is 0 Å². The highest BCUT2D eigenvalue weighted by Crippen LogP contribution is 2.47. The van der Waals surface area contributed by atoms with E-state index in [1.165, 1.54) is 5.56 Å². The highest BCUT2D eigenvalue weighted by Gasteiger charge is 2.52. The van der Waals surface area contributed by atoms with E-state index in [1.54, 1.807) is 7.11 Å². The molecule has 2 N–H and O–H groups in total. The third-order valence-electron chi connectivity index (χ3n) is 4.96. The number of nitrogens with two attached hydrogens (primary N) is 1. The molecule has 1 fully saturated rings. The van der Waals surface area contributed by atoms with Crippen LogP contribution in [0.5, 0.6) is 5.75 Å². The minimum atomic E-state index is 0.161. The van der Waals surface area contributed by atoms with Gasteiger partial charge in [0.1, 0.15) is 11.9 Å². The standard InChI is InChI=1S/C17H27NO2/c1-4-17(5-2)15(18)12-16(17)20-14-8-6-13(7-9-14)10-11-19-3/h6-9,15-16H,4-5,10-12,18H2,1-3H3. The van der Waals surface area contributed by atoms with Crippen LogP contribution in [0.3, 0.4) is 0 Å². The van der Waals surface area contributed by atoms with E-state index in [-0.39, 0.29) is 17.6 Å². The van der Waals surface area contributed by atoms with Crippen LogP contribution >= 0.6 is 0 Å². The van der Waals surface area contributed by atoms with Gasteiger partial charge >= 0.3 is 0 Å². The first-order chi connectivity index (χ1) is 9.66. The molecule has 0 aliphatic heterocycles. The van der Waals surface area contributed by atoms with Crippen molar-refractivity contribution in [3.8, 4) is 5.75 Å². The smallest absolute Gasteiger partial charge is 0.119 e. The minimum absolute atomic E-state index is 0.161. The van der Waals surface area contributed by atoms with E-state index in [0.717, 1.165) is 38.0 Å². The number of rotatable bonds is 7. The van der Waals surface area contributed by atoms with E-state index in [1.807, 2.05) is 0 Å². The van der Waals surface area contributed by atoms with Crippen molar-refractivity contribution in [1.29, 1.82) is 0 Å². The normalized spacial score (nSPS) is 24.2. The Morgan fingerprint density at radius 2 is 1.85 bits per heavy atom. The Bertz CT molecular complexity index is 412. The molecule has 1 aliphatic rings. The fourth-order valence-corrected chi connectivity index (χ4v) is 3.29. The summed E-state index contributed by atoms with van der Waals surface area (Å²) < 4.78 is 11.3. The van der Waals surface area contributed by atoms with Crippen molar-refractivity contribution in [3.05, 3.63) is 29.8 Å². The molecule has 0 heterocycles. The number of ether oxygens (including phenoxy) is 2. The summed E-state index contributed by atoms with van der Waals surface area (Å²) in [6.07, 6.45) is 4.34. The highest BCUT2D eigenvalue weighted by atomic mass is 16.5. The van der Waals surface area contributed by atoms with Gasteiger partial charge in [0.2, 0.25) is 0 Å². The fraction of sp³-hybridized carbons (Fsp3) is 0.647. The van der Waals surface area contributed by atoms with Gasteiger partial charge in [-0.15, -0.1) is 0 Å². The second-order valence-electron chi connectivity index (χ2n) is 5.78. The Labute approximate surface area is 122 Å². The van der Waals surface area contributed by atoms with Crippen LogP contribution in [0, 0.1) is 5.41 Å². The second-order valence-corrected chi connectivity index (χ2v) is 5.78. The van der Waals surface area contributed by atoms with Crippen molar-refractivity contribution < 1.29 is 9.47 Å². The molecule has 3 nitrogen and oxygen atoms in total. The zero-order valence-electron chi connectivity index (χ0n) is 12.9. The topological polar surface area (TPSA) is 44.5 Å². The molecule has 0 saturated heterocycles. The van der Waals surface area contributed by atoms with Crippen molar-refractivity contribution >= 4 is 0 Å². The van der Waals surface area contributed by atoms with Gasteiger partial charge in [-0.25, -0.2) is 0 Å². The summed E-state index contributed by atoms with van der Waals surface area (Å²) in [7, 11) is 1.73. The fourth-order valence-electron chi connectivity index (χ4n) is 3.29. The monoisotopic (exact) mass is 277 g/mol. The molecule has 2 atom stereocenters. The zero-order chi connectivity index (χ0) is 14.6. The molecule has 2 rings (SSSR count).